The summed E-state index contributed by atoms with van der Waals surface area (Å²) >= 11 is 11.2. The lowest BCUT2D eigenvalue weighted by Gasteiger charge is -2.17. The molecule has 2 nitrogen and oxygen atoms in total. The summed E-state index contributed by atoms with van der Waals surface area (Å²) in [6, 6.07) is 6.04. The Balaban J connectivity index is 2.30. The van der Waals surface area contributed by atoms with Gasteiger partial charge in [0.15, 0.2) is 0 Å². The van der Waals surface area contributed by atoms with Crippen LogP contribution in [0.15, 0.2) is 34.2 Å². The minimum Gasteiger partial charge on any atom is -0.304 e. The maximum absolute atomic E-state index is 5.89. The van der Waals surface area contributed by atoms with Crippen LogP contribution in [0.3, 0.4) is 0 Å². The van der Waals surface area contributed by atoms with Gasteiger partial charge in [-0.25, -0.2) is 0 Å². The number of hydrogen-bond acceptors (Lipinski definition) is 3. The molecule has 1 N–H and O–H groups in total. The summed E-state index contributed by atoms with van der Waals surface area (Å²) in [5.74, 6) is 0. The number of hydrogen-bond donors (Lipinski definition) is 1. The largest absolute Gasteiger partial charge is 0.304 e. The van der Waals surface area contributed by atoms with E-state index in [0.717, 1.165) is 23.1 Å². The van der Waals surface area contributed by atoms with E-state index in [9.17, 15) is 0 Å². The summed E-state index contributed by atoms with van der Waals surface area (Å²) in [5.41, 5.74) is 0.996. The fraction of sp³-hybridized carbons (Fsp3) is 0.308. The minimum atomic E-state index is 0.122. The van der Waals surface area contributed by atoms with Gasteiger partial charge in [-0.15, -0.1) is 11.3 Å². The van der Waals surface area contributed by atoms with Crippen molar-refractivity contribution in [1.29, 1.82) is 0 Å². The van der Waals surface area contributed by atoms with Gasteiger partial charge in [-0.3, -0.25) is 4.98 Å². The molecule has 2 rings (SSSR count). The lowest BCUT2D eigenvalue weighted by molar-refractivity contribution is 0.592. The molecule has 0 aliphatic rings. The zero-order valence-electron chi connectivity index (χ0n) is 9.99. The molecule has 0 amide bonds. The molecule has 1 atom stereocenters. The molecule has 5 heteroatoms. The highest BCUT2D eigenvalue weighted by atomic mass is 79.9. The third kappa shape index (κ3) is 3.32. The number of halogens is 2. The van der Waals surface area contributed by atoms with E-state index in [2.05, 4.69) is 44.6 Å². The Labute approximate surface area is 125 Å². The molecule has 2 aromatic heterocycles. The van der Waals surface area contributed by atoms with E-state index >= 15 is 0 Å². The van der Waals surface area contributed by atoms with Crippen molar-refractivity contribution in [2.45, 2.75) is 19.4 Å². The molecule has 96 valence electrons. The maximum Gasteiger partial charge on any atom is 0.0856 e. The molecule has 2 aromatic rings. The van der Waals surface area contributed by atoms with Crippen LogP contribution in [0.5, 0.6) is 0 Å². The van der Waals surface area contributed by atoms with Crippen LogP contribution in [0.4, 0.5) is 0 Å². The van der Waals surface area contributed by atoms with Crippen molar-refractivity contribution in [3.05, 3.63) is 49.8 Å². The highest BCUT2D eigenvalue weighted by molar-refractivity contribution is 9.10. The van der Waals surface area contributed by atoms with Gasteiger partial charge >= 0.3 is 0 Å². The summed E-state index contributed by atoms with van der Waals surface area (Å²) in [5, 5.41) is 6.27. The molecule has 0 fully saturated rings. The summed E-state index contributed by atoms with van der Waals surface area (Å²) in [6.45, 7) is 3.11. The van der Waals surface area contributed by atoms with Gasteiger partial charge in [-0.2, -0.15) is 0 Å². The first-order valence-corrected chi connectivity index (χ1v) is 7.85. The van der Waals surface area contributed by atoms with Gasteiger partial charge in [0, 0.05) is 15.5 Å². The van der Waals surface area contributed by atoms with E-state index in [4.69, 9.17) is 11.6 Å². The minimum absolute atomic E-state index is 0.122. The van der Waals surface area contributed by atoms with Crippen molar-refractivity contribution in [1.82, 2.24) is 10.3 Å². The van der Waals surface area contributed by atoms with E-state index in [-0.39, 0.29) is 6.04 Å². The molecule has 18 heavy (non-hydrogen) atoms. The van der Waals surface area contributed by atoms with E-state index in [1.54, 1.807) is 17.5 Å². The SMILES string of the molecule is CCCNC(c1ccc(Cl)cn1)c1sccc1Br. The van der Waals surface area contributed by atoms with Crippen LogP contribution in [0, 0.1) is 0 Å². The molecule has 0 bridgehead atoms. The number of aromatic nitrogens is 1. The quantitative estimate of drug-likeness (QED) is 0.853. The van der Waals surface area contributed by atoms with E-state index in [1.165, 1.54) is 4.88 Å². The van der Waals surface area contributed by atoms with E-state index in [0.29, 0.717) is 5.02 Å². The Morgan fingerprint density at radius 2 is 2.28 bits per heavy atom. The number of rotatable bonds is 5. The lowest BCUT2D eigenvalue weighted by Crippen LogP contribution is -2.23. The van der Waals surface area contributed by atoms with Crippen molar-refractivity contribution in [2.75, 3.05) is 6.54 Å². The molecule has 0 spiro atoms. The van der Waals surface area contributed by atoms with Crippen LogP contribution in [0.2, 0.25) is 5.02 Å². The number of thiophene rings is 1. The second kappa shape index (κ2) is 6.66. The average molecular weight is 346 g/mol. The molecular formula is C13H14BrClN2S. The first kappa shape index (κ1) is 14.0. The van der Waals surface area contributed by atoms with Crippen molar-refractivity contribution < 1.29 is 0 Å². The van der Waals surface area contributed by atoms with E-state index < -0.39 is 0 Å². The van der Waals surface area contributed by atoms with E-state index in [1.807, 2.05) is 12.1 Å². The van der Waals surface area contributed by atoms with Gasteiger partial charge in [0.1, 0.15) is 0 Å². The highest BCUT2D eigenvalue weighted by Gasteiger charge is 2.18. The smallest absolute Gasteiger partial charge is 0.0856 e. The number of nitrogens with one attached hydrogen (secondary N) is 1. The van der Waals surface area contributed by atoms with Gasteiger partial charge < -0.3 is 5.32 Å². The van der Waals surface area contributed by atoms with Crippen molar-refractivity contribution in [2.24, 2.45) is 0 Å². The Kier molecular flexibility index (Phi) is 5.18. The fourth-order valence-corrected chi connectivity index (χ4v) is 3.49. The maximum atomic E-state index is 5.89. The number of nitrogens with zero attached hydrogens (tertiary/aromatic N) is 1. The fourth-order valence-electron chi connectivity index (χ4n) is 1.69. The van der Waals surface area contributed by atoms with Crippen molar-refractivity contribution in [3.8, 4) is 0 Å². The van der Waals surface area contributed by atoms with Crippen LogP contribution < -0.4 is 5.32 Å². The Morgan fingerprint density at radius 1 is 1.44 bits per heavy atom. The molecule has 0 saturated carbocycles. The molecule has 0 aromatic carbocycles. The number of pyridine rings is 1. The van der Waals surface area contributed by atoms with Crippen LogP contribution in [0.25, 0.3) is 0 Å². The predicted octanol–water partition coefficient (Wildman–Crippen LogP) is 4.65. The Hall–Kier alpha value is -0.420. The van der Waals surface area contributed by atoms with Crippen molar-refractivity contribution >= 4 is 38.9 Å². The second-order valence-electron chi connectivity index (χ2n) is 3.92. The lowest BCUT2D eigenvalue weighted by atomic mass is 10.1. The zero-order chi connectivity index (χ0) is 13.0. The first-order valence-electron chi connectivity index (χ1n) is 5.80. The molecule has 0 aliphatic heterocycles. The molecule has 0 radical (unpaired) electrons. The van der Waals surface area contributed by atoms with Gasteiger partial charge in [0.05, 0.1) is 16.8 Å². The first-order chi connectivity index (χ1) is 8.72. The monoisotopic (exact) mass is 344 g/mol. The topological polar surface area (TPSA) is 24.9 Å². The second-order valence-corrected chi connectivity index (χ2v) is 6.16. The zero-order valence-corrected chi connectivity index (χ0v) is 13.1. The van der Waals surface area contributed by atoms with Crippen LogP contribution in [0.1, 0.15) is 30.0 Å². The van der Waals surface area contributed by atoms with Gasteiger partial charge in [-0.05, 0) is 52.5 Å². The standard InChI is InChI=1S/C13H14BrClN2S/c1-2-6-16-12(13-10(14)5-7-18-13)11-4-3-9(15)8-17-11/h3-5,7-8,12,16H,2,6H2,1H3. The summed E-state index contributed by atoms with van der Waals surface area (Å²) in [7, 11) is 0. The summed E-state index contributed by atoms with van der Waals surface area (Å²) < 4.78 is 1.12. The van der Waals surface area contributed by atoms with Crippen LogP contribution in [-0.4, -0.2) is 11.5 Å². The summed E-state index contributed by atoms with van der Waals surface area (Å²) in [6.07, 6.45) is 2.78. The Morgan fingerprint density at radius 3 is 2.83 bits per heavy atom. The average Bonchev–Trinajstić information content (AvgIpc) is 2.78. The van der Waals surface area contributed by atoms with Crippen molar-refractivity contribution in [3.63, 3.8) is 0 Å². The summed E-state index contributed by atoms with van der Waals surface area (Å²) in [4.78, 5) is 5.67. The third-order valence-electron chi connectivity index (χ3n) is 2.55. The van der Waals surface area contributed by atoms with Gasteiger partial charge in [-0.1, -0.05) is 18.5 Å². The highest BCUT2D eigenvalue weighted by Crippen LogP contribution is 2.32. The molecule has 0 aliphatic carbocycles. The molecule has 2 heterocycles. The molecular weight excluding hydrogens is 332 g/mol. The Bertz CT molecular complexity index is 498. The van der Waals surface area contributed by atoms with Crippen LogP contribution in [-0.2, 0) is 0 Å². The molecule has 1 unspecified atom stereocenters. The predicted molar refractivity (Wildman–Crippen MR) is 81.4 cm³/mol. The third-order valence-corrected chi connectivity index (χ3v) is 4.71. The van der Waals surface area contributed by atoms with Crippen LogP contribution >= 0.6 is 38.9 Å². The van der Waals surface area contributed by atoms with Gasteiger partial charge in [0.25, 0.3) is 0 Å². The molecule has 0 saturated heterocycles. The normalized spacial score (nSPS) is 12.6. The van der Waals surface area contributed by atoms with Gasteiger partial charge in [0.2, 0.25) is 0 Å².